The third-order valence-corrected chi connectivity index (χ3v) is 5.00. The number of carbonyl (C=O) groups is 1. The second-order valence-corrected chi connectivity index (χ2v) is 6.18. The summed E-state index contributed by atoms with van der Waals surface area (Å²) in [6.45, 7) is 7.89. The van der Waals surface area contributed by atoms with Gasteiger partial charge >= 0.3 is 5.97 Å². The van der Waals surface area contributed by atoms with Crippen LogP contribution in [0.25, 0.3) is 0 Å². The number of hydrogen-bond donors (Lipinski definition) is 1. The highest BCUT2D eigenvalue weighted by Gasteiger charge is 2.54. The predicted molar refractivity (Wildman–Crippen MR) is 67.8 cm³/mol. The molecule has 1 N–H and O–H groups in total. The lowest BCUT2D eigenvalue weighted by molar-refractivity contribution is -0.144. The number of esters is 1. The van der Waals surface area contributed by atoms with E-state index in [4.69, 9.17) is 4.74 Å². The van der Waals surface area contributed by atoms with Gasteiger partial charge in [-0.25, -0.2) is 4.79 Å². The van der Waals surface area contributed by atoms with E-state index in [2.05, 4.69) is 13.5 Å². The van der Waals surface area contributed by atoms with Gasteiger partial charge in [-0.05, 0) is 39.5 Å². The van der Waals surface area contributed by atoms with Crippen molar-refractivity contribution in [1.29, 1.82) is 0 Å². The molecule has 0 aromatic heterocycles. The van der Waals surface area contributed by atoms with E-state index in [-0.39, 0.29) is 23.9 Å². The van der Waals surface area contributed by atoms with Crippen molar-refractivity contribution < 1.29 is 14.6 Å². The normalized spacial score (nSPS) is 43.6. The molecule has 0 spiro atoms. The Balaban J connectivity index is 2.06. The van der Waals surface area contributed by atoms with Crippen LogP contribution in [-0.2, 0) is 9.53 Å². The molecule has 3 rings (SSSR count). The van der Waals surface area contributed by atoms with E-state index in [1.54, 1.807) is 0 Å². The van der Waals surface area contributed by atoms with E-state index in [1.807, 2.05) is 6.92 Å². The smallest absolute Gasteiger partial charge is 0.334 e. The zero-order valence-corrected chi connectivity index (χ0v) is 11.0. The van der Waals surface area contributed by atoms with Crippen molar-refractivity contribution in [2.24, 2.45) is 11.8 Å². The fourth-order valence-corrected chi connectivity index (χ4v) is 3.91. The lowest BCUT2D eigenvalue weighted by Gasteiger charge is -2.32. The van der Waals surface area contributed by atoms with E-state index >= 15 is 0 Å². The van der Waals surface area contributed by atoms with Gasteiger partial charge in [-0.3, -0.25) is 0 Å². The third-order valence-electron chi connectivity index (χ3n) is 5.00. The van der Waals surface area contributed by atoms with Gasteiger partial charge in [0.25, 0.3) is 0 Å². The van der Waals surface area contributed by atoms with Gasteiger partial charge in [0.1, 0.15) is 6.10 Å². The molecule has 4 atom stereocenters. The maximum Gasteiger partial charge on any atom is 0.334 e. The first-order valence-electron chi connectivity index (χ1n) is 6.72. The zero-order valence-electron chi connectivity index (χ0n) is 11.0. The average molecular weight is 248 g/mol. The molecule has 98 valence electrons. The largest absolute Gasteiger partial charge is 0.458 e. The molecule has 1 aliphatic heterocycles. The predicted octanol–water partition coefficient (Wildman–Crippen LogP) is 2.36. The fraction of sp³-hybridized carbons (Fsp3) is 0.667. The van der Waals surface area contributed by atoms with Gasteiger partial charge in [-0.2, -0.15) is 0 Å². The van der Waals surface area contributed by atoms with Gasteiger partial charge in [0.05, 0.1) is 5.60 Å². The Morgan fingerprint density at radius 2 is 2.17 bits per heavy atom. The van der Waals surface area contributed by atoms with Crippen LogP contribution in [0.2, 0.25) is 0 Å². The van der Waals surface area contributed by atoms with Crippen molar-refractivity contribution >= 4 is 5.97 Å². The highest BCUT2D eigenvalue weighted by molar-refractivity contribution is 5.91. The maximum atomic E-state index is 11.7. The molecule has 2 fully saturated rings. The Morgan fingerprint density at radius 3 is 2.89 bits per heavy atom. The quantitative estimate of drug-likeness (QED) is 0.406. The molecule has 0 bridgehead atoms. The second kappa shape index (κ2) is 3.70. The molecule has 18 heavy (non-hydrogen) atoms. The number of carbonyl (C=O) groups excluding carboxylic acids is 1. The Labute approximate surface area is 108 Å². The number of rotatable bonds is 0. The van der Waals surface area contributed by atoms with Crippen LogP contribution >= 0.6 is 0 Å². The average Bonchev–Trinajstić information content (AvgIpc) is 2.69. The minimum Gasteiger partial charge on any atom is -0.458 e. The third kappa shape index (κ3) is 1.50. The van der Waals surface area contributed by atoms with Crippen LogP contribution in [0.1, 0.15) is 39.5 Å². The lowest BCUT2D eigenvalue weighted by atomic mass is 9.79. The molecule has 3 aliphatic rings. The summed E-state index contributed by atoms with van der Waals surface area (Å²) in [5, 5.41) is 10.6. The molecule has 2 aliphatic carbocycles. The van der Waals surface area contributed by atoms with Gasteiger partial charge in [0.15, 0.2) is 0 Å². The van der Waals surface area contributed by atoms with E-state index in [0.717, 1.165) is 25.7 Å². The number of aliphatic hydroxyl groups is 1. The van der Waals surface area contributed by atoms with Crippen LogP contribution < -0.4 is 0 Å². The molecule has 3 nitrogen and oxygen atoms in total. The molecule has 0 aromatic rings. The molecule has 3 heteroatoms. The summed E-state index contributed by atoms with van der Waals surface area (Å²) in [6.07, 6.45) is 3.39. The summed E-state index contributed by atoms with van der Waals surface area (Å²) in [4.78, 5) is 11.7. The van der Waals surface area contributed by atoms with Crippen molar-refractivity contribution in [2.75, 3.05) is 0 Å². The summed E-state index contributed by atoms with van der Waals surface area (Å²) >= 11 is 0. The Bertz CT molecular complexity index is 458. The Morgan fingerprint density at radius 1 is 1.44 bits per heavy atom. The first-order valence-corrected chi connectivity index (χ1v) is 6.72. The number of allylic oxidation sites excluding steroid dienone is 1. The molecule has 1 heterocycles. The summed E-state index contributed by atoms with van der Waals surface area (Å²) in [5.41, 5.74) is 2.53. The van der Waals surface area contributed by atoms with E-state index in [9.17, 15) is 9.90 Å². The first-order chi connectivity index (χ1) is 8.42. The highest BCUT2D eigenvalue weighted by atomic mass is 16.6. The standard InChI is InChI=1S/C15H20O3/c1-8-4-5-11-9(2)14(16)18-13(11)12-10(8)6-7-15(12,3)17/h11-13,17H,2,4-7H2,1,3H3/t11-,12-,13-,15+/m0/s1. The van der Waals surface area contributed by atoms with E-state index in [0.29, 0.717) is 5.57 Å². The van der Waals surface area contributed by atoms with Gasteiger partial charge in [0, 0.05) is 17.4 Å². The van der Waals surface area contributed by atoms with Gasteiger partial charge in [-0.1, -0.05) is 17.7 Å². The molecule has 0 aromatic carbocycles. The second-order valence-electron chi connectivity index (χ2n) is 6.18. The molecule has 0 radical (unpaired) electrons. The minimum absolute atomic E-state index is 0.0341. The van der Waals surface area contributed by atoms with Crippen molar-refractivity contribution in [1.82, 2.24) is 0 Å². The van der Waals surface area contributed by atoms with Crippen LogP contribution in [0.4, 0.5) is 0 Å². The minimum atomic E-state index is -0.755. The van der Waals surface area contributed by atoms with Crippen molar-refractivity contribution in [2.45, 2.75) is 51.2 Å². The summed E-state index contributed by atoms with van der Waals surface area (Å²) < 4.78 is 5.52. The first kappa shape index (κ1) is 12.0. The molecule has 0 unspecified atom stereocenters. The van der Waals surface area contributed by atoms with E-state index < -0.39 is 5.60 Å². The Hall–Kier alpha value is -1.09. The van der Waals surface area contributed by atoms with E-state index in [1.165, 1.54) is 11.1 Å². The lowest BCUT2D eigenvalue weighted by Crippen LogP contribution is -2.40. The molecule has 0 amide bonds. The van der Waals surface area contributed by atoms with Crippen LogP contribution in [0, 0.1) is 11.8 Å². The van der Waals surface area contributed by atoms with Crippen molar-refractivity contribution in [3.8, 4) is 0 Å². The summed E-state index contributed by atoms with van der Waals surface area (Å²) in [5.74, 6) is -0.223. The van der Waals surface area contributed by atoms with Crippen LogP contribution in [-0.4, -0.2) is 22.8 Å². The van der Waals surface area contributed by atoms with Crippen LogP contribution in [0.5, 0.6) is 0 Å². The van der Waals surface area contributed by atoms with Gasteiger partial charge < -0.3 is 9.84 Å². The number of ether oxygens (including phenoxy) is 1. The zero-order chi connectivity index (χ0) is 13.1. The van der Waals surface area contributed by atoms with Gasteiger partial charge in [0.2, 0.25) is 0 Å². The molecule has 1 saturated carbocycles. The number of hydrogen-bond acceptors (Lipinski definition) is 3. The molecular formula is C15H20O3. The van der Waals surface area contributed by atoms with Crippen molar-refractivity contribution in [3.63, 3.8) is 0 Å². The SMILES string of the molecule is C=C1C(=O)O[C@H]2[C@H]1CCC(C)=C1CC[C@@](C)(O)[C@@H]12. The van der Waals surface area contributed by atoms with Crippen molar-refractivity contribution in [3.05, 3.63) is 23.3 Å². The maximum absolute atomic E-state index is 11.7. The topological polar surface area (TPSA) is 46.5 Å². The molecule has 1 saturated heterocycles. The fourth-order valence-electron chi connectivity index (χ4n) is 3.91. The van der Waals surface area contributed by atoms with Gasteiger partial charge in [-0.15, -0.1) is 0 Å². The van der Waals surface area contributed by atoms with Crippen LogP contribution in [0.3, 0.4) is 0 Å². The highest BCUT2D eigenvalue weighted by Crippen LogP contribution is 2.52. The number of fused-ring (bicyclic) bond motifs is 3. The van der Waals surface area contributed by atoms with Crippen LogP contribution in [0.15, 0.2) is 23.3 Å². The monoisotopic (exact) mass is 248 g/mol. The summed E-state index contributed by atoms with van der Waals surface area (Å²) in [7, 11) is 0. The molecular weight excluding hydrogens is 228 g/mol. The Kier molecular flexibility index (Phi) is 2.46. The summed E-state index contributed by atoms with van der Waals surface area (Å²) in [6, 6.07) is 0.